The average Bonchev–Trinajstić information content (AvgIpc) is 2.31. The van der Waals surface area contributed by atoms with Crippen molar-refractivity contribution >= 4 is 21.9 Å². The lowest BCUT2D eigenvalue weighted by Gasteiger charge is -2.12. The summed E-state index contributed by atoms with van der Waals surface area (Å²) in [5.41, 5.74) is -0.754. The molecule has 0 aromatic carbocycles. The van der Waals surface area contributed by atoms with E-state index in [1.54, 1.807) is 6.92 Å². The van der Waals surface area contributed by atoms with Crippen molar-refractivity contribution in [2.45, 2.75) is 25.0 Å². The van der Waals surface area contributed by atoms with Crippen LogP contribution in [-0.4, -0.2) is 23.9 Å². The van der Waals surface area contributed by atoms with Crippen LogP contribution in [0.5, 0.6) is 5.88 Å². The number of hydrogen-bond acceptors (Lipinski definition) is 4. The fourth-order valence-electron chi connectivity index (χ4n) is 1.41. The average molecular weight is 358 g/mol. The molecule has 0 aliphatic rings. The maximum atomic E-state index is 12.2. The summed E-state index contributed by atoms with van der Waals surface area (Å²) in [6, 6.07) is 1.17. The SMILES string of the molecule is CCOC(=O)Cc1cc(CBr)c(OC(F)(F)F)[nH]c1=O. The second kappa shape index (κ2) is 6.78. The molecule has 1 aromatic heterocycles. The van der Waals surface area contributed by atoms with Gasteiger partial charge >= 0.3 is 12.3 Å². The van der Waals surface area contributed by atoms with Crippen molar-refractivity contribution in [3.8, 4) is 5.88 Å². The number of halogens is 4. The number of esters is 1. The van der Waals surface area contributed by atoms with Gasteiger partial charge in [0.1, 0.15) is 0 Å². The third-order valence-electron chi connectivity index (χ3n) is 2.16. The van der Waals surface area contributed by atoms with E-state index in [2.05, 4.69) is 25.4 Å². The fraction of sp³-hybridized carbons (Fsp3) is 0.455. The van der Waals surface area contributed by atoms with Crippen LogP contribution in [0, 0.1) is 0 Å². The topological polar surface area (TPSA) is 68.4 Å². The Hall–Kier alpha value is -1.51. The van der Waals surface area contributed by atoms with E-state index in [0.29, 0.717) is 0 Å². The number of aromatic nitrogens is 1. The second-order valence-corrected chi connectivity index (χ2v) is 4.20. The van der Waals surface area contributed by atoms with Gasteiger partial charge in [-0.15, -0.1) is 13.2 Å². The van der Waals surface area contributed by atoms with Crippen LogP contribution in [0.25, 0.3) is 0 Å². The number of carbonyl (C=O) groups is 1. The fourth-order valence-corrected chi connectivity index (χ4v) is 1.83. The van der Waals surface area contributed by atoms with Crippen molar-refractivity contribution < 1.29 is 27.4 Å². The lowest BCUT2D eigenvalue weighted by atomic mass is 10.1. The number of carbonyl (C=O) groups excluding carboxylic acids is 1. The van der Waals surface area contributed by atoms with Crippen molar-refractivity contribution in [3.63, 3.8) is 0 Å². The molecular weight excluding hydrogens is 347 g/mol. The molecule has 0 atom stereocenters. The van der Waals surface area contributed by atoms with Gasteiger partial charge < -0.3 is 9.47 Å². The molecular formula is C11H11BrF3NO4. The van der Waals surface area contributed by atoms with E-state index in [0.717, 1.165) is 0 Å². The first-order chi connectivity index (χ1) is 9.26. The molecule has 0 spiro atoms. The van der Waals surface area contributed by atoms with Crippen LogP contribution in [-0.2, 0) is 21.3 Å². The van der Waals surface area contributed by atoms with Crippen molar-refractivity contribution in [2.75, 3.05) is 6.61 Å². The third kappa shape index (κ3) is 4.87. The number of alkyl halides is 4. The largest absolute Gasteiger partial charge is 0.574 e. The summed E-state index contributed by atoms with van der Waals surface area (Å²) < 4.78 is 44.9. The van der Waals surface area contributed by atoms with Gasteiger partial charge in [-0.1, -0.05) is 15.9 Å². The Morgan fingerprint density at radius 2 is 2.05 bits per heavy atom. The Kier molecular flexibility index (Phi) is 5.61. The molecule has 0 aliphatic carbocycles. The first-order valence-corrected chi connectivity index (χ1v) is 6.61. The number of ether oxygens (including phenoxy) is 2. The number of nitrogens with one attached hydrogen (secondary N) is 1. The van der Waals surface area contributed by atoms with E-state index in [1.165, 1.54) is 6.07 Å². The van der Waals surface area contributed by atoms with Crippen molar-refractivity contribution in [3.05, 3.63) is 27.5 Å². The van der Waals surface area contributed by atoms with E-state index < -0.39 is 23.8 Å². The Balaban J connectivity index is 3.07. The van der Waals surface area contributed by atoms with Crippen LogP contribution in [0.1, 0.15) is 18.1 Å². The van der Waals surface area contributed by atoms with Crippen molar-refractivity contribution in [1.29, 1.82) is 0 Å². The summed E-state index contributed by atoms with van der Waals surface area (Å²) in [5.74, 6) is -1.34. The zero-order valence-corrected chi connectivity index (χ0v) is 11.9. The maximum Gasteiger partial charge on any atom is 0.574 e. The zero-order valence-electron chi connectivity index (χ0n) is 10.3. The quantitative estimate of drug-likeness (QED) is 0.648. The molecule has 0 aliphatic heterocycles. The first kappa shape index (κ1) is 16.5. The van der Waals surface area contributed by atoms with Gasteiger partial charge in [0.2, 0.25) is 5.88 Å². The molecule has 0 saturated heterocycles. The maximum absolute atomic E-state index is 12.2. The van der Waals surface area contributed by atoms with Gasteiger partial charge in [0.05, 0.1) is 13.0 Å². The van der Waals surface area contributed by atoms with Crippen molar-refractivity contribution in [1.82, 2.24) is 4.98 Å². The Labute approximate surface area is 120 Å². The van der Waals surface area contributed by atoms with E-state index in [4.69, 9.17) is 0 Å². The highest BCUT2D eigenvalue weighted by atomic mass is 79.9. The van der Waals surface area contributed by atoms with E-state index in [9.17, 15) is 22.8 Å². The smallest absolute Gasteiger partial charge is 0.466 e. The molecule has 0 bridgehead atoms. The number of H-pyrrole nitrogens is 1. The first-order valence-electron chi connectivity index (χ1n) is 5.49. The standard InChI is InChI=1S/C11H11BrF3NO4/c1-2-19-8(17)4-6-3-7(5-12)10(16-9(6)18)20-11(13,14)15/h3H,2,4-5H2,1H3,(H,16,18). The van der Waals surface area contributed by atoms with Crippen LogP contribution >= 0.6 is 15.9 Å². The van der Waals surface area contributed by atoms with E-state index in [-0.39, 0.29) is 29.5 Å². The van der Waals surface area contributed by atoms with Gasteiger partial charge in [-0.3, -0.25) is 14.6 Å². The minimum Gasteiger partial charge on any atom is -0.466 e. The molecule has 5 nitrogen and oxygen atoms in total. The molecule has 0 fully saturated rings. The van der Waals surface area contributed by atoms with Gasteiger partial charge in [-0.05, 0) is 13.0 Å². The molecule has 0 radical (unpaired) electrons. The van der Waals surface area contributed by atoms with Crippen LogP contribution < -0.4 is 10.3 Å². The highest BCUT2D eigenvalue weighted by molar-refractivity contribution is 9.08. The monoisotopic (exact) mass is 357 g/mol. The molecule has 9 heteroatoms. The molecule has 0 amide bonds. The predicted molar refractivity (Wildman–Crippen MR) is 66.7 cm³/mol. The summed E-state index contributed by atoms with van der Waals surface area (Å²) >= 11 is 2.99. The predicted octanol–water partition coefficient (Wildman–Crippen LogP) is 2.27. The number of pyridine rings is 1. The molecule has 20 heavy (non-hydrogen) atoms. The molecule has 0 unspecified atom stereocenters. The van der Waals surface area contributed by atoms with Gasteiger partial charge in [-0.2, -0.15) is 0 Å². The van der Waals surface area contributed by atoms with Gasteiger partial charge in [0, 0.05) is 16.5 Å². The number of rotatable bonds is 5. The molecule has 1 N–H and O–H groups in total. The van der Waals surface area contributed by atoms with E-state index >= 15 is 0 Å². The molecule has 1 rings (SSSR count). The highest BCUT2D eigenvalue weighted by Gasteiger charge is 2.32. The summed E-state index contributed by atoms with van der Waals surface area (Å²) in [7, 11) is 0. The highest BCUT2D eigenvalue weighted by Crippen LogP contribution is 2.25. The van der Waals surface area contributed by atoms with Gasteiger partial charge in [-0.25, -0.2) is 0 Å². The minimum atomic E-state index is -4.91. The van der Waals surface area contributed by atoms with Crippen LogP contribution in [0.4, 0.5) is 13.2 Å². The summed E-state index contributed by atoms with van der Waals surface area (Å²) in [4.78, 5) is 24.9. The molecule has 0 saturated carbocycles. The molecule has 1 aromatic rings. The zero-order chi connectivity index (χ0) is 15.3. The summed E-state index contributed by atoms with van der Waals surface area (Å²) in [5, 5.41) is 0.0189. The molecule has 1 heterocycles. The van der Waals surface area contributed by atoms with Crippen LogP contribution in [0.3, 0.4) is 0 Å². The molecule has 112 valence electrons. The number of aromatic amines is 1. The van der Waals surface area contributed by atoms with Crippen molar-refractivity contribution in [2.24, 2.45) is 0 Å². The third-order valence-corrected chi connectivity index (χ3v) is 2.76. The van der Waals surface area contributed by atoms with Gasteiger partial charge in [0.25, 0.3) is 5.56 Å². The van der Waals surface area contributed by atoms with E-state index in [1.807, 2.05) is 4.98 Å². The van der Waals surface area contributed by atoms with Crippen LogP contribution in [0.2, 0.25) is 0 Å². The number of hydrogen-bond donors (Lipinski definition) is 1. The normalized spacial score (nSPS) is 11.2. The Bertz CT molecular complexity index is 541. The second-order valence-electron chi connectivity index (χ2n) is 3.64. The lowest BCUT2D eigenvalue weighted by Crippen LogP contribution is -2.24. The summed E-state index contributed by atoms with van der Waals surface area (Å²) in [6.07, 6.45) is -5.24. The van der Waals surface area contributed by atoms with Gasteiger partial charge in [0.15, 0.2) is 0 Å². The Morgan fingerprint density at radius 1 is 1.40 bits per heavy atom. The van der Waals surface area contributed by atoms with Crippen LogP contribution in [0.15, 0.2) is 10.9 Å². The minimum absolute atomic E-state index is 0.00687. The lowest BCUT2D eigenvalue weighted by molar-refractivity contribution is -0.276. The summed E-state index contributed by atoms with van der Waals surface area (Å²) in [6.45, 7) is 1.75. The Morgan fingerprint density at radius 3 is 2.55 bits per heavy atom.